The number of fused-ring (bicyclic) bond motifs is 2. The normalized spacial score (nSPS) is 12.0. The molecule has 386 valence electrons. The SMILES string of the molecule is COc1cc(NC(C)CCCNC(=O)CCC(=O)NCCCNCCCCCCCCCCNCCCNC(=O)CCC(=O)NCCCC(C)Nc2cc(OC)cc3cccnc23)c2ncccc2c1. The lowest BCUT2D eigenvalue weighted by Crippen LogP contribution is -2.30. The predicted molar refractivity (Wildman–Crippen MR) is 284 cm³/mol. The van der Waals surface area contributed by atoms with Crippen LogP contribution in [0.5, 0.6) is 11.5 Å². The molecular weight excluding hydrogens is 885 g/mol. The molecule has 4 aromatic rings. The molecule has 4 rings (SSSR count). The van der Waals surface area contributed by atoms with E-state index in [1.165, 1.54) is 38.5 Å². The summed E-state index contributed by atoms with van der Waals surface area (Å²) in [7, 11) is 3.31. The van der Waals surface area contributed by atoms with Crippen molar-refractivity contribution in [1.82, 2.24) is 41.9 Å². The quantitative estimate of drug-likeness (QED) is 0.0202. The van der Waals surface area contributed by atoms with Crippen LogP contribution < -0.4 is 52.0 Å². The standard InChI is InChI=1S/C54H84N10O6/c1-41(63-47-39-45(69-3)37-43-21-15-33-61-53(43)47)19-13-31-57-49(65)23-25-51(67)59-35-17-29-55-27-11-9-7-5-6-8-10-12-28-56-30-18-36-60-52(68)26-24-50(66)58-32-14-20-42(2)64-48-40-46(70-4)38-44-22-16-34-62-54(44)48/h15-16,21-22,33-34,37-42,55-56,63-64H,5-14,17-20,23-32,35-36H2,1-4H3,(H,57,65)(H,58,66)(H,59,67)(H,60,68). The lowest BCUT2D eigenvalue weighted by molar-refractivity contribution is -0.126. The average Bonchev–Trinajstić information content (AvgIpc) is 3.36. The van der Waals surface area contributed by atoms with Crippen LogP contribution in [0.15, 0.2) is 60.9 Å². The molecular formula is C54H84N10O6. The summed E-state index contributed by atoms with van der Waals surface area (Å²) in [6.07, 6.45) is 19.3. The number of rotatable bonds is 39. The Kier molecular flexibility index (Phi) is 28.0. The van der Waals surface area contributed by atoms with Gasteiger partial charge in [0.2, 0.25) is 23.6 Å². The number of carbonyl (C=O) groups is 4. The number of nitrogens with zero attached hydrogens (tertiary/aromatic N) is 2. The molecule has 0 fully saturated rings. The van der Waals surface area contributed by atoms with Gasteiger partial charge in [-0.25, -0.2) is 0 Å². The van der Waals surface area contributed by atoms with E-state index in [4.69, 9.17) is 9.47 Å². The van der Waals surface area contributed by atoms with Gasteiger partial charge in [0.15, 0.2) is 0 Å². The number of anilines is 2. The van der Waals surface area contributed by atoms with Crippen molar-refractivity contribution in [3.8, 4) is 11.5 Å². The van der Waals surface area contributed by atoms with Crippen LogP contribution in [-0.2, 0) is 19.2 Å². The highest BCUT2D eigenvalue weighted by Gasteiger charge is 2.13. The first-order chi connectivity index (χ1) is 34.1. The molecule has 0 aliphatic rings. The minimum atomic E-state index is -0.0976. The maximum Gasteiger partial charge on any atom is 0.220 e. The highest BCUT2D eigenvalue weighted by Crippen LogP contribution is 2.30. The number of methoxy groups -OCH3 is 2. The maximum absolute atomic E-state index is 12.3. The molecule has 0 aliphatic carbocycles. The van der Waals surface area contributed by atoms with Gasteiger partial charge in [0, 0.05) is 99.2 Å². The Morgan fingerprint density at radius 1 is 0.457 bits per heavy atom. The molecule has 0 bridgehead atoms. The molecule has 8 N–H and O–H groups in total. The molecule has 0 spiro atoms. The van der Waals surface area contributed by atoms with Crippen molar-refractivity contribution in [2.45, 2.75) is 142 Å². The zero-order valence-electron chi connectivity index (χ0n) is 42.7. The first-order valence-electron chi connectivity index (χ1n) is 26.0. The molecule has 16 heteroatoms. The van der Waals surface area contributed by atoms with Crippen LogP contribution in [0.2, 0.25) is 0 Å². The van der Waals surface area contributed by atoms with Crippen LogP contribution >= 0.6 is 0 Å². The number of pyridine rings is 2. The summed E-state index contributed by atoms with van der Waals surface area (Å²) in [6.45, 7) is 10.3. The van der Waals surface area contributed by atoms with Crippen molar-refractivity contribution in [1.29, 1.82) is 0 Å². The zero-order chi connectivity index (χ0) is 50.0. The van der Waals surface area contributed by atoms with Crippen LogP contribution in [-0.4, -0.2) is 112 Å². The maximum atomic E-state index is 12.3. The second-order valence-electron chi connectivity index (χ2n) is 18.3. The molecule has 2 unspecified atom stereocenters. The molecule has 16 nitrogen and oxygen atoms in total. The first-order valence-corrected chi connectivity index (χ1v) is 26.0. The van der Waals surface area contributed by atoms with E-state index >= 15 is 0 Å². The number of hydrogen-bond acceptors (Lipinski definition) is 12. The van der Waals surface area contributed by atoms with Crippen molar-refractivity contribution >= 4 is 56.8 Å². The Morgan fingerprint density at radius 3 is 1.17 bits per heavy atom. The van der Waals surface area contributed by atoms with Crippen molar-refractivity contribution in [2.75, 3.05) is 77.2 Å². The third kappa shape index (κ3) is 23.7. The Morgan fingerprint density at radius 2 is 0.800 bits per heavy atom. The summed E-state index contributed by atoms with van der Waals surface area (Å²) in [5.41, 5.74) is 3.66. The van der Waals surface area contributed by atoms with Crippen molar-refractivity contribution < 1.29 is 28.7 Å². The second-order valence-corrected chi connectivity index (χ2v) is 18.3. The van der Waals surface area contributed by atoms with Gasteiger partial charge in [0.25, 0.3) is 0 Å². The Labute approximate surface area is 417 Å². The Hall–Kier alpha value is -5.74. The molecule has 4 amide bonds. The van der Waals surface area contributed by atoms with Gasteiger partial charge in [-0.1, -0.05) is 50.7 Å². The van der Waals surface area contributed by atoms with Crippen molar-refractivity contribution in [2.24, 2.45) is 0 Å². The smallest absolute Gasteiger partial charge is 0.220 e. The molecule has 2 atom stereocenters. The predicted octanol–water partition coefficient (Wildman–Crippen LogP) is 7.77. The van der Waals surface area contributed by atoms with E-state index < -0.39 is 0 Å². The Balaban J connectivity index is 0.831. The van der Waals surface area contributed by atoms with Gasteiger partial charge in [0.05, 0.1) is 36.6 Å². The third-order valence-electron chi connectivity index (χ3n) is 12.2. The second kappa shape index (κ2) is 34.5. The van der Waals surface area contributed by atoms with Gasteiger partial charge in [-0.05, 0) is 116 Å². The molecule has 2 aromatic carbocycles. The summed E-state index contributed by atoms with van der Waals surface area (Å²) >= 11 is 0. The largest absolute Gasteiger partial charge is 0.497 e. The van der Waals surface area contributed by atoms with Crippen LogP contribution in [0.1, 0.15) is 129 Å². The summed E-state index contributed by atoms with van der Waals surface area (Å²) in [4.78, 5) is 58.1. The molecule has 0 saturated carbocycles. The van der Waals surface area contributed by atoms with E-state index in [0.717, 1.165) is 122 Å². The van der Waals surface area contributed by atoms with Crippen molar-refractivity contribution in [3.63, 3.8) is 0 Å². The minimum Gasteiger partial charge on any atom is -0.497 e. The monoisotopic (exact) mass is 969 g/mol. The van der Waals surface area contributed by atoms with E-state index in [2.05, 4.69) is 66.3 Å². The van der Waals surface area contributed by atoms with Gasteiger partial charge in [0.1, 0.15) is 11.5 Å². The average molecular weight is 969 g/mol. The number of unbranched alkanes of at least 4 members (excludes halogenated alkanes) is 7. The van der Waals surface area contributed by atoms with Gasteiger partial charge in [-0.2, -0.15) is 0 Å². The summed E-state index contributed by atoms with van der Waals surface area (Å²) < 4.78 is 10.9. The van der Waals surface area contributed by atoms with Crippen LogP contribution in [0.25, 0.3) is 21.8 Å². The molecule has 0 aliphatic heterocycles. The summed E-state index contributed by atoms with van der Waals surface area (Å²) in [5, 5.41) is 27.8. The first kappa shape index (κ1) is 56.8. The van der Waals surface area contributed by atoms with Crippen molar-refractivity contribution in [3.05, 3.63) is 60.9 Å². The van der Waals surface area contributed by atoms with Gasteiger partial charge >= 0.3 is 0 Å². The van der Waals surface area contributed by atoms with E-state index in [1.807, 2.05) is 48.5 Å². The lowest BCUT2D eigenvalue weighted by Gasteiger charge is -2.17. The zero-order valence-corrected chi connectivity index (χ0v) is 42.7. The number of aromatic nitrogens is 2. The van der Waals surface area contributed by atoms with E-state index in [0.29, 0.717) is 26.2 Å². The third-order valence-corrected chi connectivity index (χ3v) is 12.2. The highest BCUT2D eigenvalue weighted by atomic mass is 16.5. The molecule has 70 heavy (non-hydrogen) atoms. The topological polar surface area (TPSA) is 209 Å². The number of ether oxygens (including phenoxy) is 2. The van der Waals surface area contributed by atoms with Crippen LogP contribution in [0.3, 0.4) is 0 Å². The van der Waals surface area contributed by atoms with E-state index in [9.17, 15) is 19.2 Å². The summed E-state index contributed by atoms with van der Waals surface area (Å²) in [6, 6.07) is 16.1. The summed E-state index contributed by atoms with van der Waals surface area (Å²) in [5.74, 6) is 1.19. The molecule has 2 aromatic heterocycles. The van der Waals surface area contributed by atoms with Gasteiger partial charge in [-0.15, -0.1) is 0 Å². The number of amides is 4. The minimum absolute atomic E-state index is 0.0845. The van der Waals surface area contributed by atoms with E-state index in [1.54, 1.807) is 26.6 Å². The molecule has 0 radical (unpaired) electrons. The van der Waals surface area contributed by atoms with Gasteiger partial charge < -0.3 is 52.0 Å². The fraction of sp³-hybridized carbons (Fsp3) is 0.593. The van der Waals surface area contributed by atoms with Gasteiger partial charge in [-0.3, -0.25) is 29.1 Å². The number of nitrogens with one attached hydrogen (secondary N) is 8. The Bertz CT molecular complexity index is 1990. The lowest BCUT2D eigenvalue weighted by atomic mass is 10.1. The molecule has 2 heterocycles. The highest BCUT2D eigenvalue weighted by molar-refractivity contribution is 5.93. The van der Waals surface area contributed by atoms with Crippen LogP contribution in [0, 0.1) is 0 Å². The van der Waals surface area contributed by atoms with Crippen LogP contribution in [0.4, 0.5) is 11.4 Å². The fourth-order valence-electron chi connectivity index (χ4n) is 8.23. The van der Waals surface area contributed by atoms with E-state index in [-0.39, 0.29) is 61.4 Å². The fourth-order valence-corrected chi connectivity index (χ4v) is 8.23. The number of benzene rings is 2. The number of carbonyl (C=O) groups excluding carboxylic acids is 4. The molecule has 0 saturated heterocycles. The number of hydrogen-bond donors (Lipinski definition) is 8.